The second-order valence-corrected chi connectivity index (χ2v) is 8.34. The molecule has 0 spiro atoms. The maximum absolute atomic E-state index is 12.6. The molecule has 2 heterocycles. The first-order valence-electron chi connectivity index (χ1n) is 9.94. The van der Waals surface area contributed by atoms with E-state index in [-0.39, 0.29) is 25.4 Å². The minimum Gasteiger partial charge on any atom is -0.497 e. The van der Waals surface area contributed by atoms with Crippen LogP contribution in [0.3, 0.4) is 0 Å². The number of esters is 1. The van der Waals surface area contributed by atoms with Crippen molar-refractivity contribution in [3.8, 4) is 5.75 Å². The Balaban J connectivity index is 1.79. The number of aryl methyl sites for hydroxylation is 2. The first-order chi connectivity index (χ1) is 14.8. The van der Waals surface area contributed by atoms with Crippen LogP contribution in [0.2, 0.25) is 0 Å². The van der Waals surface area contributed by atoms with Crippen LogP contribution in [-0.4, -0.2) is 25.6 Å². The third-order valence-electron chi connectivity index (χ3n) is 5.21. The number of anilines is 1. The molecule has 0 saturated heterocycles. The number of carbonyl (C=O) groups excluding carboxylic acids is 2. The number of amides is 1. The molecule has 0 saturated carbocycles. The average Bonchev–Trinajstić information content (AvgIpc) is 3.00. The lowest BCUT2D eigenvalue weighted by Gasteiger charge is -2.10. The molecule has 0 aliphatic carbocycles. The van der Waals surface area contributed by atoms with E-state index in [1.54, 1.807) is 26.2 Å². The predicted molar refractivity (Wildman–Crippen MR) is 120 cm³/mol. The molecule has 1 aromatic carbocycles. The molecule has 1 amide bonds. The second kappa shape index (κ2) is 9.34. The Hall–Kier alpha value is -3.13. The quantitative estimate of drug-likeness (QED) is 0.426. The number of methoxy groups -OCH3 is 1. The molecular weight excluding hydrogens is 418 g/mol. The van der Waals surface area contributed by atoms with E-state index in [4.69, 9.17) is 13.9 Å². The number of ether oxygens (including phenoxy) is 2. The molecule has 3 aromatic rings. The first-order valence-corrected chi connectivity index (χ1v) is 10.8. The van der Waals surface area contributed by atoms with Gasteiger partial charge in [-0.05, 0) is 57.4 Å². The molecule has 3 rings (SSSR count). The van der Waals surface area contributed by atoms with Crippen molar-refractivity contribution in [2.75, 3.05) is 19.0 Å². The third kappa shape index (κ3) is 4.64. The maximum atomic E-state index is 12.6. The van der Waals surface area contributed by atoms with Gasteiger partial charge in [0.25, 0.3) is 0 Å². The summed E-state index contributed by atoms with van der Waals surface area (Å²) in [6.45, 7) is 7.54. The van der Waals surface area contributed by atoms with Crippen LogP contribution >= 0.6 is 11.3 Å². The normalized spacial score (nSPS) is 10.9. The maximum Gasteiger partial charge on any atom is 0.341 e. The Morgan fingerprint density at radius 3 is 2.58 bits per heavy atom. The van der Waals surface area contributed by atoms with Gasteiger partial charge in [0.1, 0.15) is 16.3 Å². The van der Waals surface area contributed by atoms with Crippen molar-refractivity contribution in [3.63, 3.8) is 0 Å². The highest BCUT2D eigenvalue weighted by atomic mass is 32.1. The summed E-state index contributed by atoms with van der Waals surface area (Å²) in [6.07, 6.45) is 0.297. The molecular formula is C23H25NO6S. The lowest BCUT2D eigenvalue weighted by molar-refractivity contribution is -0.116. The Morgan fingerprint density at radius 2 is 1.90 bits per heavy atom. The van der Waals surface area contributed by atoms with Crippen LogP contribution in [-0.2, 0) is 16.0 Å². The van der Waals surface area contributed by atoms with Gasteiger partial charge >= 0.3 is 11.6 Å². The van der Waals surface area contributed by atoms with Crippen molar-refractivity contribution in [2.45, 2.75) is 40.5 Å². The lowest BCUT2D eigenvalue weighted by atomic mass is 10.0. The lowest BCUT2D eigenvalue weighted by Crippen LogP contribution is -2.17. The van der Waals surface area contributed by atoms with Crippen LogP contribution in [0, 0.1) is 20.8 Å². The summed E-state index contributed by atoms with van der Waals surface area (Å²) >= 11 is 1.33. The van der Waals surface area contributed by atoms with Crippen molar-refractivity contribution in [1.29, 1.82) is 0 Å². The molecule has 164 valence electrons. The largest absolute Gasteiger partial charge is 0.497 e. The zero-order valence-corrected chi connectivity index (χ0v) is 19.0. The number of carbonyl (C=O) groups is 2. The highest BCUT2D eigenvalue weighted by Gasteiger charge is 2.22. The average molecular weight is 444 g/mol. The summed E-state index contributed by atoms with van der Waals surface area (Å²) < 4.78 is 15.7. The monoisotopic (exact) mass is 443 g/mol. The van der Waals surface area contributed by atoms with Crippen LogP contribution in [0.1, 0.15) is 45.3 Å². The Kier molecular flexibility index (Phi) is 6.80. The highest BCUT2D eigenvalue weighted by Crippen LogP contribution is 2.33. The van der Waals surface area contributed by atoms with Gasteiger partial charge in [0.2, 0.25) is 5.91 Å². The Morgan fingerprint density at radius 1 is 1.16 bits per heavy atom. The van der Waals surface area contributed by atoms with Crippen molar-refractivity contribution >= 4 is 39.2 Å². The molecule has 31 heavy (non-hydrogen) atoms. The SMILES string of the molecule is CCOC(=O)c1c(NC(=O)CCc2c(C)c3ccc(OC)cc3oc2=O)sc(C)c1C. The molecule has 8 heteroatoms. The number of rotatable bonds is 7. The van der Waals surface area contributed by atoms with E-state index >= 15 is 0 Å². The molecule has 0 aliphatic heterocycles. The molecule has 0 unspecified atom stereocenters. The van der Waals surface area contributed by atoms with Crippen LogP contribution in [0.25, 0.3) is 11.0 Å². The second-order valence-electron chi connectivity index (χ2n) is 7.11. The number of fused-ring (bicyclic) bond motifs is 1. The smallest absolute Gasteiger partial charge is 0.341 e. The van der Waals surface area contributed by atoms with E-state index in [1.165, 1.54) is 11.3 Å². The number of benzene rings is 1. The summed E-state index contributed by atoms with van der Waals surface area (Å²) in [5, 5.41) is 4.06. The van der Waals surface area contributed by atoms with E-state index in [2.05, 4.69) is 5.32 Å². The number of nitrogens with one attached hydrogen (secondary N) is 1. The molecule has 7 nitrogen and oxygen atoms in total. The van der Waals surface area contributed by atoms with Gasteiger partial charge in [0.05, 0.1) is 19.3 Å². The Bertz CT molecular complexity index is 1210. The zero-order valence-electron chi connectivity index (χ0n) is 18.2. The van der Waals surface area contributed by atoms with Gasteiger partial charge in [0, 0.05) is 28.3 Å². The number of hydrogen-bond donors (Lipinski definition) is 1. The Labute approximate surface area is 184 Å². The zero-order chi connectivity index (χ0) is 22.7. The summed E-state index contributed by atoms with van der Waals surface area (Å²) in [7, 11) is 1.54. The molecule has 2 aromatic heterocycles. The summed E-state index contributed by atoms with van der Waals surface area (Å²) in [4.78, 5) is 38.3. The molecule has 0 radical (unpaired) electrons. The molecule has 0 aliphatic rings. The van der Waals surface area contributed by atoms with Crippen LogP contribution in [0.15, 0.2) is 27.4 Å². The van der Waals surface area contributed by atoms with E-state index in [0.29, 0.717) is 27.5 Å². The summed E-state index contributed by atoms with van der Waals surface area (Å²) in [6, 6.07) is 5.29. The fraction of sp³-hybridized carbons (Fsp3) is 0.348. The van der Waals surface area contributed by atoms with Gasteiger partial charge in [0.15, 0.2) is 0 Å². The van der Waals surface area contributed by atoms with Gasteiger partial charge in [-0.25, -0.2) is 9.59 Å². The third-order valence-corrected chi connectivity index (χ3v) is 6.34. The fourth-order valence-electron chi connectivity index (χ4n) is 3.38. The van der Waals surface area contributed by atoms with E-state index < -0.39 is 11.6 Å². The minimum absolute atomic E-state index is 0.0749. The predicted octanol–water partition coefficient (Wildman–Crippen LogP) is 4.54. The van der Waals surface area contributed by atoms with Gasteiger partial charge in [-0.15, -0.1) is 11.3 Å². The molecule has 0 fully saturated rings. The van der Waals surface area contributed by atoms with E-state index in [9.17, 15) is 14.4 Å². The molecule has 0 bridgehead atoms. The van der Waals surface area contributed by atoms with E-state index in [0.717, 1.165) is 21.4 Å². The molecule has 0 atom stereocenters. The van der Waals surface area contributed by atoms with Crippen LogP contribution in [0.5, 0.6) is 5.75 Å². The van der Waals surface area contributed by atoms with Gasteiger partial charge < -0.3 is 19.2 Å². The highest BCUT2D eigenvalue weighted by molar-refractivity contribution is 7.16. The van der Waals surface area contributed by atoms with Gasteiger partial charge in [-0.1, -0.05) is 0 Å². The van der Waals surface area contributed by atoms with Crippen LogP contribution in [0.4, 0.5) is 5.00 Å². The van der Waals surface area contributed by atoms with E-state index in [1.807, 2.05) is 26.8 Å². The van der Waals surface area contributed by atoms with Gasteiger partial charge in [-0.2, -0.15) is 0 Å². The standard InChI is InChI=1S/C23H25NO6S/c1-6-29-23(27)20-12(2)14(4)31-21(20)24-19(25)10-9-17-13(3)16-8-7-15(28-5)11-18(16)30-22(17)26/h7-8,11H,6,9-10H2,1-5H3,(H,24,25). The first kappa shape index (κ1) is 22.6. The number of thiophene rings is 1. The molecule has 1 N–H and O–H groups in total. The van der Waals surface area contributed by atoms with Crippen molar-refractivity contribution in [2.24, 2.45) is 0 Å². The summed E-state index contributed by atoms with van der Waals surface area (Å²) in [5.41, 5.74) is 2.38. The van der Waals surface area contributed by atoms with Gasteiger partial charge in [-0.3, -0.25) is 4.79 Å². The summed E-state index contributed by atoms with van der Waals surface area (Å²) in [5.74, 6) is -0.150. The van der Waals surface area contributed by atoms with Crippen molar-refractivity contribution in [1.82, 2.24) is 0 Å². The van der Waals surface area contributed by atoms with Crippen LogP contribution < -0.4 is 15.7 Å². The number of hydrogen-bond acceptors (Lipinski definition) is 7. The van der Waals surface area contributed by atoms with Crippen molar-refractivity contribution < 1.29 is 23.5 Å². The van der Waals surface area contributed by atoms with Crippen molar-refractivity contribution in [3.05, 3.63) is 55.8 Å². The minimum atomic E-state index is -0.471. The topological polar surface area (TPSA) is 94.8 Å². The fourth-order valence-corrected chi connectivity index (χ4v) is 4.45.